The summed E-state index contributed by atoms with van der Waals surface area (Å²) in [5.74, 6) is 1.38. The Labute approximate surface area is 632 Å². The molecule has 0 aliphatic rings. The van der Waals surface area contributed by atoms with Crippen molar-refractivity contribution >= 4 is 131 Å². The SMILES string of the molecule is c1ccc(-c2nc(-c3ccc(-n4c5ccccc5c5cc(-c6ccc7c(c6)c6c8ccccc8ccc6n7-c6ccccc6)ccc54)cc3)nc3ccccc23)cc1.c1ccc(-c2nc(-n3c4ccccc4c4cc(-c5ccc6c(c5)c5c7ccccc7ccc5n6-c5ccccc5)ccc43)nc3ccccc23)cc1. The monoisotopic (exact) mass is 1400 g/mol. The van der Waals surface area contributed by atoms with Gasteiger partial charge in [0.25, 0.3) is 0 Å². The van der Waals surface area contributed by atoms with Gasteiger partial charge in [-0.05, 0) is 177 Å². The minimum atomic E-state index is 0.665. The summed E-state index contributed by atoms with van der Waals surface area (Å²) in [6.45, 7) is 0. The Morgan fingerprint density at radius 2 is 0.500 bits per heavy atom. The molecule has 0 aliphatic heterocycles. The maximum Gasteiger partial charge on any atom is 0.235 e. The molecule has 0 unspecified atom stereocenters. The van der Waals surface area contributed by atoms with Crippen LogP contribution in [0.5, 0.6) is 0 Å². The lowest BCUT2D eigenvalue weighted by molar-refractivity contribution is 1.01. The molecule has 0 radical (unpaired) electrons. The molecular weight excluding hydrogens is 1340 g/mol. The molecular formula is C102H64N8. The molecule has 0 bridgehead atoms. The molecule has 0 fully saturated rings. The molecule has 8 nitrogen and oxygen atoms in total. The minimum absolute atomic E-state index is 0.665. The van der Waals surface area contributed by atoms with Crippen molar-refractivity contribution in [3.05, 3.63) is 388 Å². The van der Waals surface area contributed by atoms with E-state index >= 15 is 0 Å². The highest BCUT2D eigenvalue weighted by molar-refractivity contribution is 6.24. The van der Waals surface area contributed by atoms with Crippen LogP contribution in [0, 0.1) is 0 Å². The standard InChI is InChI=1S/C54H34N4.C48H30N4/c1-3-14-36(15-4-1)53-44-20-9-11-21-47(44)55-54(56-53)37-23-28-41(29-24-37)57-48-22-12-10-19-43(48)45-33-38(26-30-49(45)57)39-27-31-50-46(34-39)52-42-18-8-7-13-35(42)25-32-51(52)58(50)40-16-5-2-6-17-40;1-3-14-32(15-4-1)47-38-20-9-11-21-41(38)49-48(50-47)52-42-22-12-10-19-37(42)39-29-33(24-26-43(39)52)34-25-27-44-40(30-34)46-36-18-8-7-13-31(36)23-28-45(46)51(44)35-16-5-2-6-17-35/h1-34H;1-30H. The average molecular weight is 1400 g/mol. The molecule has 512 valence electrons. The van der Waals surface area contributed by atoms with Gasteiger partial charge in [-0.3, -0.25) is 4.57 Å². The van der Waals surface area contributed by atoms with Crippen molar-refractivity contribution in [2.24, 2.45) is 0 Å². The largest absolute Gasteiger partial charge is 0.309 e. The third-order valence-corrected chi connectivity index (χ3v) is 22.2. The Hall–Kier alpha value is -14.9. The lowest BCUT2D eigenvalue weighted by Gasteiger charge is -2.12. The molecule has 6 aromatic heterocycles. The van der Waals surface area contributed by atoms with Crippen molar-refractivity contribution in [2.45, 2.75) is 0 Å². The van der Waals surface area contributed by atoms with Gasteiger partial charge in [-0.2, -0.15) is 0 Å². The van der Waals surface area contributed by atoms with Crippen LogP contribution in [-0.4, -0.2) is 38.2 Å². The molecule has 17 aromatic carbocycles. The molecule has 0 N–H and O–H groups in total. The van der Waals surface area contributed by atoms with Gasteiger partial charge in [-0.25, -0.2) is 19.9 Å². The normalized spacial score (nSPS) is 11.8. The van der Waals surface area contributed by atoms with E-state index in [9.17, 15) is 0 Å². The van der Waals surface area contributed by atoms with Crippen molar-refractivity contribution in [1.82, 2.24) is 38.2 Å². The van der Waals surface area contributed by atoms with E-state index in [0.29, 0.717) is 11.8 Å². The van der Waals surface area contributed by atoms with E-state index in [-0.39, 0.29) is 0 Å². The number of fused-ring (bicyclic) bond motifs is 18. The first-order chi connectivity index (χ1) is 54.6. The van der Waals surface area contributed by atoms with Crippen LogP contribution < -0.4 is 0 Å². The van der Waals surface area contributed by atoms with Crippen LogP contribution in [-0.2, 0) is 0 Å². The second kappa shape index (κ2) is 25.4. The summed E-state index contributed by atoms with van der Waals surface area (Å²) in [7, 11) is 0. The van der Waals surface area contributed by atoms with Crippen LogP contribution in [0.2, 0.25) is 0 Å². The number of aromatic nitrogens is 8. The molecule has 0 spiro atoms. The number of hydrogen-bond donors (Lipinski definition) is 0. The zero-order chi connectivity index (χ0) is 72.3. The summed E-state index contributed by atoms with van der Waals surface area (Å²) >= 11 is 0. The maximum atomic E-state index is 5.26. The maximum absolute atomic E-state index is 5.26. The van der Waals surface area contributed by atoms with E-state index in [0.717, 1.165) is 78.0 Å². The van der Waals surface area contributed by atoms with E-state index < -0.39 is 0 Å². The summed E-state index contributed by atoms with van der Waals surface area (Å²) in [6.07, 6.45) is 0. The number of hydrogen-bond acceptors (Lipinski definition) is 4. The summed E-state index contributed by atoms with van der Waals surface area (Å²) < 4.78 is 9.39. The van der Waals surface area contributed by atoms with Gasteiger partial charge in [0.15, 0.2) is 5.82 Å². The van der Waals surface area contributed by atoms with Crippen molar-refractivity contribution in [1.29, 1.82) is 0 Å². The molecule has 110 heavy (non-hydrogen) atoms. The van der Waals surface area contributed by atoms with Crippen LogP contribution in [0.15, 0.2) is 388 Å². The topological polar surface area (TPSA) is 71.3 Å². The fourth-order valence-corrected chi connectivity index (χ4v) is 17.2. The summed E-state index contributed by atoms with van der Waals surface area (Å²) in [5.41, 5.74) is 24.3. The second-order valence-corrected chi connectivity index (χ2v) is 28.4. The molecule has 0 aliphatic carbocycles. The molecule has 0 saturated carbocycles. The molecule has 23 rings (SSSR count). The lowest BCUT2D eigenvalue weighted by Crippen LogP contribution is -2.03. The second-order valence-electron chi connectivity index (χ2n) is 28.4. The zero-order valence-corrected chi connectivity index (χ0v) is 59.5. The van der Waals surface area contributed by atoms with Crippen molar-refractivity contribution < 1.29 is 0 Å². The lowest BCUT2D eigenvalue weighted by atomic mass is 9.99. The molecule has 0 atom stereocenters. The van der Waals surface area contributed by atoms with Gasteiger partial charge in [-0.15, -0.1) is 0 Å². The Morgan fingerprint density at radius 1 is 0.173 bits per heavy atom. The fraction of sp³-hybridized carbons (Fsp3) is 0. The van der Waals surface area contributed by atoms with Gasteiger partial charge in [0.05, 0.1) is 66.6 Å². The van der Waals surface area contributed by atoms with E-state index in [1.807, 2.05) is 30.3 Å². The van der Waals surface area contributed by atoms with Gasteiger partial charge < -0.3 is 13.7 Å². The third kappa shape index (κ3) is 10.1. The summed E-state index contributed by atoms with van der Waals surface area (Å²) in [6, 6.07) is 139. The number of nitrogens with zero attached hydrogens (tertiary/aromatic N) is 8. The predicted octanol–water partition coefficient (Wildman–Crippen LogP) is 26.3. The van der Waals surface area contributed by atoms with Gasteiger partial charge in [0, 0.05) is 87.6 Å². The number of benzene rings is 17. The summed E-state index contributed by atoms with van der Waals surface area (Å²) in [5, 5.41) is 17.0. The molecule has 23 aromatic rings. The highest BCUT2D eigenvalue weighted by atomic mass is 15.2. The molecule has 0 saturated heterocycles. The van der Waals surface area contributed by atoms with Gasteiger partial charge in [-0.1, -0.05) is 255 Å². The number of rotatable bonds is 9. The van der Waals surface area contributed by atoms with Crippen molar-refractivity contribution in [2.75, 3.05) is 0 Å². The number of para-hydroxylation sites is 6. The van der Waals surface area contributed by atoms with E-state index in [1.165, 1.54) is 120 Å². The Balaban J connectivity index is 0.000000136. The van der Waals surface area contributed by atoms with Crippen LogP contribution in [0.4, 0.5) is 0 Å². The van der Waals surface area contributed by atoms with E-state index in [1.54, 1.807) is 0 Å². The van der Waals surface area contributed by atoms with Crippen molar-refractivity contribution in [3.8, 4) is 79.2 Å². The van der Waals surface area contributed by atoms with Gasteiger partial charge in [0.2, 0.25) is 5.95 Å². The molecule has 0 amide bonds. The fourth-order valence-electron chi connectivity index (χ4n) is 17.2. The van der Waals surface area contributed by atoms with Crippen molar-refractivity contribution in [3.63, 3.8) is 0 Å². The van der Waals surface area contributed by atoms with E-state index in [4.69, 9.17) is 19.9 Å². The minimum Gasteiger partial charge on any atom is -0.309 e. The highest BCUT2D eigenvalue weighted by Gasteiger charge is 2.23. The van der Waals surface area contributed by atoms with Crippen LogP contribution >= 0.6 is 0 Å². The first-order valence-electron chi connectivity index (χ1n) is 37.4. The molecule has 6 heterocycles. The van der Waals surface area contributed by atoms with Gasteiger partial charge >= 0.3 is 0 Å². The predicted molar refractivity (Wildman–Crippen MR) is 459 cm³/mol. The average Bonchev–Trinajstić information content (AvgIpc) is 1.58. The highest BCUT2D eigenvalue weighted by Crippen LogP contribution is 2.44. The quantitative estimate of drug-likeness (QED) is 0.144. The van der Waals surface area contributed by atoms with Crippen LogP contribution in [0.1, 0.15) is 0 Å². The first kappa shape index (κ1) is 62.5. The smallest absolute Gasteiger partial charge is 0.235 e. The van der Waals surface area contributed by atoms with E-state index in [2.05, 4.69) is 376 Å². The van der Waals surface area contributed by atoms with Gasteiger partial charge in [0.1, 0.15) is 0 Å². The Kier molecular flexibility index (Phi) is 14.5. The third-order valence-electron chi connectivity index (χ3n) is 22.2. The van der Waals surface area contributed by atoms with Crippen LogP contribution in [0.25, 0.3) is 210 Å². The Morgan fingerprint density at radius 3 is 0.991 bits per heavy atom. The zero-order valence-electron chi connectivity index (χ0n) is 59.5. The van der Waals surface area contributed by atoms with Crippen LogP contribution in [0.3, 0.4) is 0 Å². The molecule has 8 heteroatoms. The first-order valence-corrected chi connectivity index (χ1v) is 37.4. The summed E-state index contributed by atoms with van der Waals surface area (Å²) in [4.78, 5) is 20.5. The Bertz CT molecular complexity index is 7620.